The van der Waals surface area contributed by atoms with Crippen LogP contribution in [0.5, 0.6) is 0 Å². The Morgan fingerprint density at radius 3 is 1.18 bits per heavy atom. The zero-order valence-electron chi connectivity index (χ0n) is 43.3. The predicted octanol–water partition coefficient (Wildman–Crippen LogP) is 13.9. The highest BCUT2D eigenvalue weighted by molar-refractivity contribution is 6.06. The number of hydrogen-bond donors (Lipinski definition) is 0. The SMILES string of the molecule is O=c1c2ccccc2nc(-c2ccccc2)n1-c1ccc2oc3ccc(-n4c(-c5ccccc5)nc5cc(-c6ccc(-c7nc(-c8ccccc8)nc(-c8nc9ccccc9c(=O)n8-c8ccccc8)n7)cc6)ccc5c4=O)cc3c2c1. The van der Waals surface area contributed by atoms with Gasteiger partial charge in [0.1, 0.15) is 22.8 Å². The summed E-state index contributed by atoms with van der Waals surface area (Å²) in [7, 11) is 0. The smallest absolute Gasteiger partial charge is 0.266 e. The van der Waals surface area contributed by atoms with E-state index in [1.54, 1.807) is 25.8 Å². The average molecular weight is 1060 g/mol. The van der Waals surface area contributed by atoms with Crippen molar-refractivity contribution in [1.82, 2.24) is 43.6 Å². The van der Waals surface area contributed by atoms with Gasteiger partial charge in [-0.2, -0.15) is 0 Å². The number of benzene rings is 10. The maximum atomic E-state index is 15.1. The van der Waals surface area contributed by atoms with E-state index in [1.165, 1.54) is 0 Å². The number of furan rings is 1. The van der Waals surface area contributed by atoms with Crippen molar-refractivity contribution >= 4 is 54.6 Å². The molecule has 5 heterocycles. The van der Waals surface area contributed by atoms with Gasteiger partial charge < -0.3 is 4.42 Å². The summed E-state index contributed by atoms with van der Waals surface area (Å²) < 4.78 is 11.3. The fourth-order valence-corrected chi connectivity index (χ4v) is 10.8. The summed E-state index contributed by atoms with van der Waals surface area (Å²) in [6, 6.07) is 77.9. The van der Waals surface area contributed by atoms with E-state index < -0.39 is 0 Å². The molecule has 0 atom stereocenters. The van der Waals surface area contributed by atoms with Crippen LogP contribution in [-0.2, 0) is 0 Å². The minimum Gasteiger partial charge on any atom is -0.456 e. The lowest BCUT2D eigenvalue weighted by atomic mass is 10.0. The molecule has 0 saturated carbocycles. The summed E-state index contributed by atoms with van der Waals surface area (Å²) in [5.41, 5.74) is 8.77. The molecule has 0 radical (unpaired) electrons. The Morgan fingerprint density at radius 1 is 0.256 bits per heavy atom. The monoisotopic (exact) mass is 1060 g/mol. The van der Waals surface area contributed by atoms with Gasteiger partial charge in [-0.1, -0.05) is 164 Å². The van der Waals surface area contributed by atoms with E-state index in [2.05, 4.69) is 0 Å². The lowest BCUT2D eigenvalue weighted by Crippen LogP contribution is -2.22. The minimum atomic E-state index is -0.252. The van der Waals surface area contributed by atoms with Crippen LogP contribution in [0.25, 0.3) is 140 Å². The van der Waals surface area contributed by atoms with Crippen LogP contribution >= 0.6 is 0 Å². The van der Waals surface area contributed by atoms with Gasteiger partial charge in [0, 0.05) is 33.0 Å². The van der Waals surface area contributed by atoms with Gasteiger partial charge >= 0.3 is 0 Å². The number of nitrogens with zero attached hydrogens (tertiary/aromatic N) is 9. The zero-order chi connectivity index (χ0) is 54.8. The molecule has 0 aliphatic heterocycles. The molecule has 0 amide bonds. The summed E-state index contributed by atoms with van der Waals surface area (Å²) in [6.07, 6.45) is 0. The van der Waals surface area contributed by atoms with Crippen LogP contribution in [-0.4, -0.2) is 43.6 Å². The summed E-state index contributed by atoms with van der Waals surface area (Å²) in [4.78, 5) is 74.0. The van der Waals surface area contributed by atoms with E-state index in [9.17, 15) is 9.59 Å². The molecule has 0 aliphatic rings. The highest BCUT2D eigenvalue weighted by atomic mass is 16.3. The second kappa shape index (κ2) is 19.4. The number of para-hydroxylation sites is 3. The van der Waals surface area contributed by atoms with Crippen LogP contribution in [0.15, 0.2) is 268 Å². The Labute approximate surface area is 465 Å². The first-order valence-corrected chi connectivity index (χ1v) is 26.5. The first kappa shape index (κ1) is 47.6. The standard InChI is InChI=1S/C69H41N9O4/c79-67-52-26-14-16-28-57(52)71-66(76(67)48-23-11-4-12-24-48)63-74-61(43-17-5-1-6-18-43)73-62(75-63)44-31-29-42(30-32-44)47-33-36-53-58(39-47)72-65(46-21-9-3-10-22-46)78(69(53)81)50-35-38-60-55(41-50)54-40-49(34-37-59(54)82-60)77-64(45-19-7-2-8-20-45)70-56-27-15-13-25-51(56)68(77)80/h1-41H. The highest BCUT2D eigenvalue weighted by Gasteiger charge is 2.23. The quantitative estimate of drug-likeness (QED) is 0.136. The molecule has 0 saturated heterocycles. The molecule has 13 heteroatoms. The van der Waals surface area contributed by atoms with Crippen LogP contribution < -0.4 is 16.7 Å². The fraction of sp³-hybridized carbons (Fsp3) is 0. The Morgan fingerprint density at radius 2 is 0.646 bits per heavy atom. The van der Waals surface area contributed by atoms with Gasteiger partial charge in [-0.3, -0.25) is 28.1 Å². The third-order valence-electron chi connectivity index (χ3n) is 14.8. The van der Waals surface area contributed by atoms with Gasteiger partial charge in [-0.25, -0.2) is 29.9 Å². The molecular formula is C69H41N9O4. The van der Waals surface area contributed by atoms with Gasteiger partial charge in [0.2, 0.25) is 5.82 Å². The van der Waals surface area contributed by atoms with E-state index in [1.807, 2.05) is 237 Å². The van der Waals surface area contributed by atoms with Crippen molar-refractivity contribution in [2.75, 3.05) is 0 Å². The van der Waals surface area contributed by atoms with Crippen LogP contribution in [0.1, 0.15) is 0 Å². The number of aromatic nitrogens is 9. The van der Waals surface area contributed by atoms with Gasteiger partial charge in [-0.05, 0) is 96.1 Å². The summed E-state index contributed by atoms with van der Waals surface area (Å²) in [5, 5.41) is 2.92. The second-order valence-corrected chi connectivity index (χ2v) is 19.8. The summed E-state index contributed by atoms with van der Waals surface area (Å²) in [6.45, 7) is 0. The highest BCUT2D eigenvalue weighted by Crippen LogP contribution is 2.35. The lowest BCUT2D eigenvalue weighted by Gasteiger charge is -2.15. The molecule has 0 N–H and O–H groups in total. The number of fused-ring (bicyclic) bond motifs is 6. The molecule has 5 aromatic heterocycles. The van der Waals surface area contributed by atoms with Crippen LogP contribution in [0.2, 0.25) is 0 Å². The van der Waals surface area contributed by atoms with E-state index in [4.69, 9.17) is 34.3 Å². The Bertz CT molecular complexity index is 5220. The first-order valence-electron chi connectivity index (χ1n) is 26.5. The molecule has 0 spiro atoms. The van der Waals surface area contributed by atoms with Crippen LogP contribution in [0, 0.1) is 0 Å². The van der Waals surface area contributed by atoms with Crippen molar-refractivity contribution in [2.45, 2.75) is 0 Å². The lowest BCUT2D eigenvalue weighted by molar-refractivity contribution is 0.668. The van der Waals surface area contributed by atoms with E-state index in [0.29, 0.717) is 89.8 Å². The summed E-state index contributed by atoms with van der Waals surface area (Å²) in [5.74, 6) is 2.30. The first-order chi connectivity index (χ1) is 40.4. The second-order valence-electron chi connectivity index (χ2n) is 19.8. The Kier molecular flexibility index (Phi) is 11.3. The predicted molar refractivity (Wildman–Crippen MR) is 322 cm³/mol. The maximum absolute atomic E-state index is 15.1. The van der Waals surface area contributed by atoms with E-state index >= 15 is 4.79 Å². The molecule has 13 nitrogen and oxygen atoms in total. The maximum Gasteiger partial charge on any atom is 0.266 e. The Hall–Kier alpha value is -11.6. The van der Waals surface area contributed by atoms with Gasteiger partial charge in [0.25, 0.3) is 16.7 Å². The molecular weight excluding hydrogens is 1020 g/mol. The molecule has 82 heavy (non-hydrogen) atoms. The minimum absolute atomic E-state index is 0.195. The van der Waals surface area contributed by atoms with Crippen LogP contribution in [0.4, 0.5) is 0 Å². The number of hydrogen-bond acceptors (Lipinski definition) is 10. The van der Waals surface area contributed by atoms with Crippen molar-refractivity contribution < 1.29 is 4.42 Å². The molecule has 15 aromatic rings. The van der Waals surface area contributed by atoms with Gasteiger partial charge in [0.15, 0.2) is 17.5 Å². The topological polar surface area (TPSA) is 156 Å². The molecule has 0 unspecified atom stereocenters. The fourth-order valence-electron chi connectivity index (χ4n) is 10.8. The molecule has 0 aliphatic carbocycles. The van der Waals surface area contributed by atoms with Crippen molar-refractivity contribution in [3.8, 4) is 85.4 Å². The Balaban J connectivity index is 0.826. The molecule has 386 valence electrons. The average Bonchev–Trinajstić information content (AvgIpc) is 3.95. The van der Waals surface area contributed by atoms with Crippen molar-refractivity contribution in [3.63, 3.8) is 0 Å². The number of rotatable bonds is 9. The zero-order valence-corrected chi connectivity index (χ0v) is 43.3. The van der Waals surface area contributed by atoms with E-state index in [0.717, 1.165) is 38.6 Å². The third kappa shape index (κ3) is 8.15. The molecule has 0 bridgehead atoms. The molecule has 0 fully saturated rings. The van der Waals surface area contributed by atoms with Gasteiger partial charge in [-0.15, -0.1) is 0 Å². The third-order valence-corrected chi connectivity index (χ3v) is 14.8. The largest absolute Gasteiger partial charge is 0.456 e. The van der Waals surface area contributed by atoms with Crippen LogP contribution in [0.3, 0.4) is 0 Å². The summed E-state index contributed by atoms with van der Waals surface area (Å²) >= 11 is 0. The van der Waals surface area contributed by atoms with E-state index in [-0.39, 0.29) is 28.3 Å². The van der Waals surface area contributed by atoms with Gasteiger partial charge in [0.05, 0.1) is 49.8 Å². The molecule has 10 aromatic carbocycles. The normalized spacial score (nSPS) is 11.6. The molecule has 15 rings (SSSR count). The van der Waals surface area contributed by atoms with Crippen molar-refractivity contribution in [1.29, 1.82) is 0 Å². The van der Waals surface area contributed by atoms with Crippen molar-refractivity contribution in [3.05, 3.63) is 280 Å². The van der Waals surface area contributed by atoms with Crippen molar-refractivity contribution in [2.24, 2.45) is 0 Å².